The second-order valence-corrected chi connectivity index (χ2v) is 6.89. The first-order valence-corrected chi connectivity index (χ1v) is 8.60. The molecule has 2 heterocycles. The number of aliphatic hydroxyl groups excluding tert-OH is 1. The number of hydrogen-bond acceptors (Lipinski definition) is 5. The number of carbonyl (C=O) groups excluding carboxylic acids is 1. The van der Waals surface area contributed by atoms with E-state index in [1.807, 2.05) is 11.0 Å². The Morgan fingerprint density at radius 1 is 1.44 bits per heavy atom. The molecule has 2 saturated heterocycles. The van der Waals surface area contributed by atoms with Crippen LogP contribution < -0.4 is 10.2 Å². The molecule has 0 unspecified atom stereocenters. The Kier molecular flexibility index (Phi) is 5.56. The molecule has 25 heavy (non-hydrogen) atoms. The van der Waals surface area contributed by atoms with Gasteiger partial charge in [-0.2, -0.15) is 0 Å². The number of nitrogens with one attached hydrogen (secondary N) is 1. The van der Waals surface area contributed by atoms with Crippen molar-refractivity contribution in [3.8, 4) is 0 Å². The number of methoxy groups -OCH3 is 1. The van der Waals surface area contributed by atoms with Gasteiger partial charge in [0.25, 0.3) is 0 Å². The highest BCUT2D eigenvalue weighted by atomic mass is 19.1. The predicted molar refractivity (Wildman–Crippen MR) is 90.8 cm³/mol. The number of nitrogens with zero attached hydrogens (tertiary/aromatic N) is 1. The van der Waals surface area contributed by atoms with Crippen molar-refractivity contribution in [3.63, 3.8) is 0 Å². The van der Waals surface area contributed by atoms with Crippen LogP contribution >= 0.6 is 0 Å². The lowest BCUT2D eigenvalue weighted by atomic mass is 9.86. The van der Waals surface area contributed by atoms with Crippen LogP contribution in [0, 0.1) is 11.2 Å². The smallest absolute Gasteiger partial charge is 0.233 e. The van der Waals surface area contributed by atoms with Gasteiger partial charge in [-0.05, 0) is 30.5 Å². The van der Waals surface area contributed by atoms with Crippen molar-refractivity contribution in [1.29, 1.82) is 0 Å². The lowest BCUT2D eigenvalue weighted by Gasteiger charge is -2.39. The fraction of sp³-hybridized carbons (Fsp3) is 0.611. The molecule has 6 nitrogen and oxygen atoms in total. The predicted octanol–water partition coefficient (Wildman–Crippen LogP) is 1.07. The summed E-state index contributed by atoms with van der Waals surface area (Å²) in [6, 6.07) is 5.02. The van der Waals surface area contributed by atoms with Crippen LogP contribution in [0.25, 0.3) is 0 Å². The highest BCUT2D eigenvalue weighted by molar-refractivity contribution is 5.83. The molecule has 2 aliphatic rings. The fourth-order valence-electron chi connectivity index (χ4n) is 3.30. The van der Waals surface area contributed by atoms with Gasteiger partial charge < -0.3 is 24.8 Å². The van der Waals surface area contributed by atoms with E-state index in [2.05, 4.69) is 5.32 Å². The Hall–Kier alpha value is -1.70. The maximum absolute atomic E-state index is 14.4. The van der Waals surface area contributed by atoms with Gasteiger partial charge in [0, 0.05) is 26.7 Å². The van der Waals surface area contributed by atoms with Gasteiger partial charge in [0.15, 0.2) is 0 Å². The van der Waals surface area contributed by atoms with Gasteiger partial charge in [0.2, 0.25) is 5.91 Å². The molecule has 0 radical (unpaired) electrons. The summed E-state index contributed by atoms with van der Waals surface area (Å²) in [6.07, 6.45) is 1.02. The quantitative estimate of drug-likeness (QED) is 0.801. The molecule has 7 heteroatoms. The van der Waals surface area contributed by atoms with Crippen LogP contribution in [0.1, 0.15) is 18.4 Å². The molecule has 2 N–H and O–H groups in total. The normalized spacial score (nSPS) is 20.2. The summed E-state index contributed by atoms with van der Waals surface area (Å²) in [4.78, 5) is 14.3. The van der Waals surface area contributed by atoms with Crippen LogP contribution in [0.3, 0.4) is 0 Å². The third kappa shape index (κ3) is 3.94. The number of amides is 1. The minimum Gasteiger partial charge on any atom is -0.393 e. The van der Waals surface area contributed by atoms with Crippen LogP contribution in [0.4, 0.5) is 10.1 Å². The Morgan fingerprint density at radius 3 is 2.72 bits per heavy atom. The number of piperidine rings is 1. The highest BCUT2D eigenvalue weighted by Gasteiger charge is 2.45. The van der Waals surface area contributed by atoms with Gasteiger partial charge in [0.05, 0.1) is 31.6 Å². The number of hydrogen-bond donors (Lipinski definition) is 2. The molecule has 0 bridgehead atoms. The maximum Gasteiger partial charge on any atom is 0.233 e. The van der Waals surface area contributed by atoms with Crippen molar-refractivity contribution in [2.45, 2.75) is 25.5 Å². The van der Waals surface area contributed by atoms with Crippen molar-refractivity contribution in [2.75, 3.05) is 44.9 Å². The SMILES string of the molecule is COCC1(C(=O)NCc2ccc(N3CCC(O)CC3)c(F)c2)COC1. The van der Waals surface area contributed by atoms with E-state index in [1.165, 1.54) is 6.07 Å². The van der Waals surface area contributed by atoms with E-state index in [1.54, 1.807) is 13.2 Å². The number of ether oxygens (including phenoxy) is 2. The summed E-state index contributed by atoms with van der Waals surface area (Å²) in [7, 11) is 1.56. The minimum absolute atomic E-state index is 0.130. The van der Waals surface area contributed by atoms with E-state index in [0.717, 1.165) is 0 Å². The van der Waals surface area contributed by atoms with Crippen molar-refractivity contribution >= 4 is 11.6 Å². The van der Waals surface area contributed by atoms with E-state index in [4.69, 9.17) is 9.47 Å². The molecule has 0 spiro atoms. The third-order valence-corrected chi connectivity index (χ3v) is 4.93. The van der Waals surface area contributed by atoms with Crippen molar-refractivity contribution < 1.29 is 23.8 Å². The first-order valence-electron chi connectivity index (χ1n) is 8.60. The molecule has 0 aromatic heterocycles. The number of rotatable bonds is 6. The molecule has 0 saturated carbocycles. The van der Waals surface area contributed by atoms with Crippen molar-refractivity contribution in [3.05, 3.63) is 29.6 Å². The molecular weight excluding hydrogens is 327 g/mol. The monoisotopic (exact) mass is 352 g/mol. The van der Waals surface area contributed by atoms with Gasteiger partial charge >= 0.3 is 0 Å². The van der Waals surface area contributed by atoms with Gasteiger partial charge in [-0.25, -0.2) is 4.39 Å². The number of aliphatic hydroxyl groups is 1. The lowest BCUT2D eigenvalue weighted by molar-refractivity contribution is -0.172. The van der Waals surface area contributed by atoms with E-state index >= 15 is 0 Å². The van der Waals surface area contributed by atoms with E-state index in [0.29, 0.717) is 57.0 Å². The second kappa shape index (κ2) is 7.68. The molecule has 138 valence electrons. The standard InChI is InChI=1S/C18H25FN2O4/c1-24-10-18(11-25-12-18)17(23)20-9-13-2-3-16(15(19)8-13)21-6-4-14(22)5-7-21/h2-3,8,14,22H,4-7,9-12H2,1H3,(H,20,23). The molecule has 1 aromatic rings. The topological polar surface area (TPSA) is 71.0 Å². The average Bonchev–Trinajstić information content (AvgIpc) is 2.57. The van der Waals surface area contributed by atoms with E-state index in [9.17, 15) is 14.3 Å². The molecule has 1 aromatic carbocycles. The molecule has 0 atom stereocenters. The van der Waals surface area contributed by atoms with Gasteiger partial charge in [0.1, 0.15) is 11.2 Å². The van der Waals surface area contributed by atoms with Gasteiger partial charge in [-0.15, -0.1) is 0 Å². The Morgan fingerprint density at radius 2 is 2.16 bits per heavy atom. The summed E-state index contributed by atoms with van der Waals surface area (Å²) >= 11 is 0. The first-order chi connectivity index (χ1) is 12.0. The molecule has 2 fully saturated rings. The minimum atomic E-state index is -0.623. The number of carbonyl (C=O) groups is 1. The Bertz CT molecular complexity index is 613. The van der Waals surface area contributed by atoms with Crippen LogP contribution in [-0.4, -0.2) is 57.1 Å². The van der Waals surface area contributed by atoms with Crippen molar-refractivity contribution in [2.24, 2.45) is 5.41 Å². The zero-order chi connectivity index (χ0) is 17.9. The first kappa shape index (κ1) is 18.1. The summed E-state index contributed by atoms with van der Waals surface area (Å²) in [5.74, 6) is -0.433. The zero-order valence-electron chi connectivity index (χ0n) is 14.5. The number of halogens is 1. The number of benzene rings is 1. The molecular formula is C18H25FN2O4. The molecule has 3 rings (SSSR count). The lowest BCUT2D eigenvalue weighted by Crippen LogP contribution is -2.56. The summed E-state index contributed by atoms with van der Waals surface area (Å²) < 4.78 is 24.7. The number of anilines is 1. The maximum atomic E-state index is 14.4. The summed E-state index contributed by atoms with van der Waals surface area (Å²) in [5.41, 5.74) is 0.631. The fourth-order valence-corrected chi connectivity index (χ4v) is 3.30. The highest BCUT2D eigenvalue weighted by Crippen LogP contribution is 2.28. The van der Waals surface area contributed by atoms with Gasteiger partial charge in [-0.3, -0.25) is 4.79 Å². The second-order valence-electron chi connectivity index (χ2n) is 6.89. The molecule has 1 amide bonds. The van der Waals surface area contributed by atoms with Crippen molar-refractivity contribution in [1.82, 2.24) is 5.32 Å². The largest absolute Gasteiger partial charge is 0.393 e. The van der Waals surface area contributed by atoms with Crippen LogP contribution in [0.15, 0.2) is 18.2 Å². The van der Waals surface area contributed by atoms with Crippen LogP contribution in [0.5, 0.6) is 0 Å². The average molecular weight is 352 g/mol. The Labute approximate surface area is 146 Å². The zero-order valence-corrected chi connectivity index (χ0v) is 14.5. The van der Waals surface area contributed by atoms with Crippen LogP contribution in [0.2, 0.25) is 0 Å². The van der Waals surface area contributed by atoms with Crippen LogP contribution in [-0.2, 0) is 20.8 Å². The van der Waals surface area contributed by atoms with E-state index < -0.39 is 5.41 Å². The molecule has 0 aliphatic carbocycles. The molecule has 2 aliphatic heterocycles. The summed E-state index contributed by atoms with van der Waals surface area (Å²) in [6.45, 7) is 2.57. The third-order valence-electron chi connectivity index (χ3n) is 4.93. The summed E-state index contributed by atoms with van der Waals surface area (Å²) in [5, 5.41) is 12.4. The van der Waals surface area contributed by atoms with E-state index in [-0.39, 0.29) is 24.4 Å². The Balaban J connectivity index is 1.58. The van der Waals surface area contributed by atoms with Gasteiger partial charge in [-0.1, -0.05) is 6.07 Å².